The standard InChI is InChI=1S/C16H22N4/c1-4-20(12-14-5-7-18-8-6-14)16-9-13(2)19-11-15(16)10-17-3/h5-9,11,17H,4,10,12H2,1-3H3. The van der Waals surface area contributed by atoms with Crippen molar-refractivity contribution in [2.75, 3.05) is 18.5 Å². The van der Waals surface area contributed by atoms with E-state index in [4.69, 9.17) is 0 Å². The van der Waals surface area contributed by atoms with Crippen molar-refractivity contribution in [2.45, 2.75) is 26.9 Å². The minimum Gasteiger partial charge on any atom is -0.367 e. The summed E-state index contributed by atoms with van der Waals surface area (Å²) in [5.41, 5.74) is 4.81. The molecule has 0 radical (unpaired) electrons. The zero-order valence-corrected chi connectivity index (χ0v) is 12.4. The van der Waals surface area contributed by atoms with Crippen molar-refractivity contribution in [3.05, 3.63) is 53.6 Å². The van der Waals surface area contributed by atoms with E-state index in [1.54, 1.807) is 0 Å². The second-order valence-corrected chi connectivity index (χ2v) is 4.85. The SMILES string of the molecule is CCN(Cc1ccncc1)c1cc(C)ncc1CNC. The van der Waals surface area contributed by atoms with Crippen LogP contribution in [-0.2, 0) is 13.1 Å². The van der Waals surface area contributed by atoms with E-state index in [1.807, 2.05) is 32.6 Å². The van der Waals surface area contributed by atoms with Gasteiger partial charge in [0.2, 0.25) is 0 Å². The van der Waals surface area contributed by atoms with Crippen molar-refractivity contribution in [3.63, 3.8) is 0 Å². The van der Waals surface area contributed by atoms with Crippen LogP contribution in [0, 0.1) is 6.92 Å². The fourth-order valence-corrected chi connectivity index (χ4v) is 2.27. The lowest BCUT2D eigenvalue weighted by Gasteiger charge is -2.26. The van der Waals surface area contributed by atoms with Gasteiger partial charge in [-0.25, -0.2) is 0 Å². The summed E-state index contributed by atoms with van der Waals surface area (Å²) in [6.45, 7) is 6.89. The lowest BCUT2D eigenvalue weighted by atomic mass is 10.1. The Kier molecular flexibility index (Phi) is 5.07. The molecule has 2 aromatic rings. The Morgan fingerprint density at radius 3 is 2.65 bits per heavy atom. The molecular formula is C16H22N4. The molecular weight excluding hydrogens is 248 g/mol. The molecule has 106 valence electrons. The number of pyridine rings is 2. The molecule has 0 aromatic carbocycles. The lowest BCUT2D eigenvalue weighted by Crippen LogP contribution is -2.24. The third-order valence-corrected chi connectivity index (χ3v) is 3.31. The summed E-state index contributed by atoms with van der Waals surface area (Å²) >= 11 is 0. The van der Waals surface area contributed by atoms with Crippen LogP contribution in [0.1, 0.15) is 23.7 Å². The van der Waals surface area contributed by atoms with Gasteiger partial charge in [-0.2, -0.15) is 0 Å². The fourth-order valence-electron chi connectivity index (χ4n) is 2.27. The molecule has 0 aliphatic carbocycles. The van der Waals surface area contributed by atoms with E-state index in [-0.39, 0.29) is 0 Å². The van der Waals surface area contributed by atoms with Crippen molar-refractivity contribution in [3.8, 4) is 0 Å². The molecule has 0 amide bonds. The Balaban J connectivity index is 2.28. The summed E-state index contributed by atoms with van der Waals surface area (Å²) in [5, 5.41) is 3.21. The van der Waals surface area contributed by atoms with Crippen molar-refractivity contribution in [2.24, 2.45) is 0 Å². The third-order valence-electron chi connectivity index (χ3n) is 3.31. The van der Waals surface area contributed by atoms with Crippen molar-refractivity contribution < 1.29 is 0 Å². The Bertz CT molecular complexity index is 539. The minimum absolute atomic E-state index is 0.829. The van der Waals surface area contributed by atoms with Gasteiger partial charge < -0.3 is 10.2 Å². The molecule has 0 bridgehead atoms. The van der Waals surface area contributed by atoms with Crippen molar-refractivity contribution in [1.29, 1.82) is 0 Å². The van der Waals surface area contributed by atoms with Crippen LogP contribution in [0.2, 0.25) is 0 Å². The number of nitrogens with zero attached hydrogens (tertiary/aromatic N) is 3. The summed E-state index contributed by atoms with van der Waals surface area (Å²) in [6.07, 6.45) is 5.65. The van der Waals surface area contributed by atoms with Crippen LogP contribution in [0.15, 0.2) is 36.8 Å². The first-order valence-corrected chi connectivity index (χ1v) is 6.98. The average molecular weight is 270 g/mol. The molecule has 0 unspecified atom stereocenters. The van der Waals surface area contributed by atoms with Crippen LogP contribution in [0.3, 0.4) is 0 Å². The highest BCUT2D eigenvalue weighted by Crippen LogP contribution is 2.22. The zero-order valence-electron chi connectivity index (χ0n) is 12.4. The quantitative estimate of drug-likeness (QED) is 0.876. The number of aryl methyl sites for hydroxylation is 1. The van der Waals surface area contributed by atoms with Gasteiger partial charge in [0.05, 0.1) is 0 Å². The number of rotatable bonds is 6. The first-order valence-electron chi connectivity index (χ1n) is 6.98. The van der Waals surface area contributed by atoms with Crippen LogP contribution in [0.5, 0.6) is 0 Å². The number of anilines is 1. The largest absolute Gasteiger partial charge is 0.367 e. The second kappa shape index (κ2) is 7.01. The Morgan fingerprint density at radius 2 is 2.00 bits per heavy atom. The first-order chi connectivity index (χ1) is 9.74. The van der Waals surface area contributed by atoms with Gasteiger partial charge in [-0.1, -0.05) is 0 Å². The van der Waals surface area contributed by atoms with E-state index in [2.05, 4.69) is 45.3 Å². The molecule has 2 heterocycles. The smallest absolute Gasteiger partial charge is 0.0448 e. The number of hydrogen-bond donors (Lipinski definition) is 1. The molecule has 0 atom stereocenters. The topological polar surface area (TPSA) is 41.1 Å². The van der Waals surface area contributed by atoms with Crippen LogP contribution < -0.4 is 10.2 Å². The van der Waals surface area contributed by atoms with Gasteiger partial charge in [0, 0.05) is 55.2 Å². The molecule has 2 aromatic heterocycles. The summed E-state index contributed by atoms with van der Waals surface area (Å²) in [4.78, 5) is 10.9. The number of hydrogen-bond acceptors (Lipinski definition) is 4. The lowest BCUT2D eigenvalue weighted by molar-refractivity contribution is 0.778. The number of nitrogens with one attached hydrogen (secondary N) is 1. The number of aromatic nitrogens is 2. The van der Waals surface area contributed by atoms with Gasteiger partial charge in [-0.05, 0) is 44.7 Å². The van der Waals surface area contributed by atoms with Crippen LogP contribution in [-0.4, -0.2) is 23.6 Å². The Hall–Kier alpha value is -1.94. The molecule has 0 saturated carbocycles. The van der Waals surface area contributed by atoms with Gasteiger partial charge in [-0.15, -0.1) is 0 Å². The van der Waals surface area contributed by atoms with Gasteiger partial charge in [0.25, 0.3) is 0 Å². The fraction of sp³-hybridized carbons (Fsp3) is 0.375. The van der Waals surface area contributed by atoms with Crippen LogP contribution >= 0.6 is 0 Å². The van der Waals surface area contributed by atoms with Crippen LogP contribution in [0.25, 0.3) is 0 Å². The monoisotopic (exact) mass is 270 g/mol. The molecule has 4 heteroatoms. The average Bonchev–Trinajstić information content (AvgIpc) is 2.48. The summed E-state index contributed by atoms with van der Waals surface area (Å²) in [6, 6.07) is 6.29. The second-order valence-electron chi connectivity index (χ2n) is 4.85. The highest BCUT2D eigenvalue weighted by Gasteiger charge is 2.11. The molecule has 4 nitrogen and oxygen atoms in total. The predicted octanol–water partition coefficient (Wildman–Crippen LogP) is 2.53. The van der Waals surface area contributed by atoms with E-state index >= 15 is 0 Å². The van der Waals surface area contributed by atoms with Gasteiger partial charge in [0.15, 0.2) is 0 Å². The van der Waals surface area contributed by atoms with E-state index in [1.165, 1.54) is 16.8 Å². The van der Waals surface area contributed by atoms with E-state index < -0.39 is 0 Å². The minimum atomic E-state index is 0.829. The predicted molar refractivity (Wildman–Crippen MR) is 82.7 cm³/mol. The molecule has 0 saturated heterocycles. The van der Waals surface area contributed by atoms with Crippen LogP contribution in [0.4, 0.5) is 5.69 Å². The maximum absolute atomic E-state index is 4.41. The van der Waals surface area contributed by atoms with E-state index in [0.717, 1.165) is 25.3 Å². The summed E-state index contributed by atoms with van der Waals surface area (Å²) in [7, 11) is 1.96. The molecule has 20 heavy (non-hydrogen) atoms. The molecule has 0 aliphatic heterocycles. The van der Waals surface area contributed by atoms with E-state index in [0.29, 0.717) is 0 Å². The zero-order chi connectivity index (χ0) is 14.4. The molecule has 2 rings (SSSR count). The van der Waals surface area contributed by atoms with Crippen molar-refractivity contribution in [1.82, 2.24) is 15.3 Å². The maximum Gasteiger partial charge on any atom is 0.0448 e. The highest BCUT2D eigenvalue weighted by atomic mass is 15.1. The van der Waals surface area contributed by atoms with Gasteiger partial charge in [-0.3, -0.25) is 9.97 Å². The van der Waals surface area contributed by atoms with Gasteiger partial charge in [0.1, 0.15) is 0 Å². The first kappa shape index (κ1) is 14.5. The maximum atomic E-state index is 4.41. The van der Waals surface area contributed by atoms with E-state index in [9.17, 15) is 0 Å². The van der Waals surface area contributed by atoms with Gasteiger partial charge >= 0.3 is 0 Å². The molecule has 1 N–H and O–H groups in total. The van der Waals surface area contributed by atoms with Crippen molar-refractivity contribution >= 4 is 5.69 Å². The Labute approximate surface area is 120 Å². The summed E-state index contributed by atoms with van der Waals surface area (Å²) in [5.74, 6) is 0. The Morgan fingerprint density at radius 1 is 1.25 bits per heavy atom. The molecule has 0 fully saturated rings. The normalized spacial score (nSPS) is 10.6. The molecule has 0 aliphatic rings. The highest BCUT2D eigenvalue weighted by molar-refractivity contribution is 5.54. The third kappa shape index (κ3) is 3.54. The summed E-state index contributed by atoms with van der Waals surface area (Å²) < 4.78 is 0. The molecule has 0 spiro atoms.